The first-order valence-electron chi connectivity index (χ1n) is 12.6. The molecule has 178 valence electrons. The summed E-state index contributed by atoms with van der Waals surface area (Å²) in [7, 11) is 0. The highest BCUT2D eigenvalue weighted by Gasteiger charge is 2.23. The number of aliphatic imine (C=N–C) groups is 4. The molecule has 0 unspecified atom stereocenters. The van der Waals surface area contributed by atoms with Crippen molar-refractivity contribution >= 4 is 12.0 Å². The second kappa shape index (κ2) is 14.0. The molecule has 2 fully saturated rings. The second-order valence-corrected chi connectivity index (χ2v) is 11.0. The van der Waals surface area contributed by atoms with Crippen molar-refractivity contribution in [3.63, 3.8) is 0 Å². The van der Waals surface area contributed by atoms with E-state index in [1.54, 1.807) is 0 Å². The smallest absolute Gasteiger partial charge is 0.0903 e. The molecule has 5 nitrogen and oxygen atoms in total. The third kappa shape index (κ3) is 13.7. The lowest BCUT2D eigenvalue weighted by Gasteiger charge is -2.34. The van der Waals surface area contributed by atoms with Crippen LogP contribution in [0.1, 0.15) is 113 Å². The molecule has 0 heterocycles. The molecule has 2 saturated carbocycles. The molecule has 0 radical (unpaired) electrons. The van der Waals surface area contributed by atoms with Crippen LogP contribution < -0.4 is 0 Å². The Morgan fingerprint density at radius 1 is 0.645 bits per heavy atom. The van der Waals surface area contributed by atoms with Gasteiger partial charge in [0.25, 0.3) is 0 Å². The van der Waals surface area contributed by atoms with Crippen LogP contribution in [0.4, 0.5) is 0 Å². The Labute approximate surface area is 192 Å². The van der Waals surface area contributed by atoms with Gasteiger partial charge in [-0.05, 0) is 93.2 Å². The molecule has 0 aromatic carbocycles. The van der Waals surface area contributed by atoms with E-state index in [4.69, 9.17) is 0 Å². The maximum absolute atomic E-state index is 4.59. The lowest BCUT2D eigenvalue weighted by molar-refractivity contribution is 0.165. The van der Waals surface area contributed by atoms with E-state index in [2.05, 4.69) is 50.7 Å². The molecule has 0 saturated heterocycles. The van der Waals surface area contributed by atoms with Gasteiger partial charge in [0.2, 0.25) is 0 Å². The SMILES string of the molecule is CC(C)(C)N=C=NC(C)(C)C.CCN(CC)C1CCC(N=C=NC2CCCCC2)CC1. The van der Waals surface area contributed by atoms with E-state index in [1.807, 2.05) is 41.5 Å². The van der Waals surface area contributed by atoms with Gasteiger partial charge in [-0.3, -0.25) is 0 Å². The number of rotatable bonds is 5. The highest BCUT2D eigenvalue weighted by atomic mass is 15.1. The standard InChI is InChI=1S/C17H31N3.C9H18N2/c1-3-20(4-2)17-12-10-16(11-13-17)19-14-18-15-8-6-5-7-9-15;1-8(2,3)10-7-11-9(4,5)6/h15-17H,3-13H2,1-2H3;1-6H3. The maximum atomic E-state index is 4.59. The Hall–Kier alpha value is -1.28. The third-order valence-corrected chi connectivity index (χ3v) is 5.82. The minimum atomic E-state index is -0.0608. The lowest BCUT2D eigenvalue weighted by atomic mass is 9.90. The summed E-state index contributed by atoms with van der Waals surface area (Å²) < 4.78 is 0. The van der Waals surface area contributed by atoms with Crippen molar-refractivity contribution in [3.8, 4) is 0 Å². The van der Waals surface area contributed by atoms with E-state index < -0.39 is 0 Å². The van der Waals surface area contributed by atoms with Crippen molar-refractivity contribution in [1.29, 1.82) is 0 Å². The average molecular weight is 432 g/mol. The fourth-order valence-electron chi connectivity index (χ4n) is 4.02. The van der Waals surface area contributed by atoms with Crippen molar-refractivity contribution in [2.75, 3.05) is 13.1 Å². The van der Waals surface area contributed by atoms with Gasteiger partial charge >= 0.3 is 0 Å². The summed E-state index contributed by atoms with van der Waals surface area (Å²) in [4.78, 5) is 20.0. The fraction of sp³-hybridized carbons (Fsp3) is 0.923. The fourth-order valence-corrected chi connectivity index (χ4v) is 4.02. The Bertz CT molecular complexity index is 577. The predicted octanol–water partition coefficient (Wildman–Crippen LogP) is 6.90. The molecule has 0 atom stereocenters. The molecular weight excluding hydrogens is 382 g/mol. The van der Waals surface area contributed by atoms with E-state index in [0.29, 0.717) is 12.1 Å². The quantitative estimate of drug-likeness (QED) is 0.437. The van der Waals surface area contributed by atoms with E-state index in [1.165, 1.54) is 70.9 Å². The Morgan fingerprint density at radius 2 is 1.10 bits per heavy atom. The zero-order chi connectivity index (χ0) is 23.3. The summed E-state index contributed by atoms with van der Waals surface area (Å²) in [6.45, 7) is 19.1. The van der Waals surface area contributed by atoms with Gasteiger partial charge in [0.15, 0.2) is 0 Å². The minimum Gasteiger partial charge on any atom is -0.301 e. The topological polar surface area (TPSA) is 52.7 Å². The van der Waals surface area contributed by atoms with Crippen LogP contribution in [0, 0.1) is 0 Å². The van der Waals surface area contributed by atoms with E-state index in [9.17, 15) is 0 Å². The predicted molar refractivity (Wildman–Crippen MR) is 135 cm³/mol. The molecule has 0 amide bonds. The van der Waals surface area contributed by atoms with Crippen molar-refractivity contribution in [2.45, 2.75) is 142 Å². The van der Waals surface area contributed by atoms with Crippen LogP contribution in [0.25, 0.3) is 0 Å². The van der Waals surface area contributed by atoms with Crippen LogP contribution >= 0.6 is 0 Å². The van der Waals surface area contributed by atoms with E-state index in [0.717, 1.165) is 6.04 Å². The van der Waals surface area contributed by atoms with Gasteiger partial charge in [-0.2, -0.15) is 0 Å². The van der Waals surface area contributed by atoms with Gasteiger partial charge in [0.1, 0.15) is 0 Å². The van der Waals surface area contributed by atoms with Crippen molar-refractivity contribution in [3.05, 3.63) is 0 Å². The molecule has 0 bridgehead atoms. The molecular formula is C26H49N5. The second-order valence-electron chi connectivity index (χ2n) is 11.0. The monoisotopic (exact) mass is 431 g/mol. The van der Waals surface area contributed by atoms with Crippen LogP contribution in [0.3, 0.4) is 0 Å². The number of hydrogen-bond donors (Lipinski definition) is 0. The van der Waals surface area contributed by atoms with Gasteiger partial charge in [0.05, 0.1) is 35.2 Å². The Kier molecular flexibility index (Phi) is 12.5. The van der Waals surface area contributed by atoms with Gasteiger partial charge in [0, 0.05) is 6.04 Å². The molecule has 5 heteroatoms. The van der Waals surface area contributed by atoms with Crippen LogP contribution in [0.2, 0.25) is 0 Å². The van der Waals surface area contributed by atoms with E-state index in [-0.39, 0.29) is 11.1 Å². The molecule has 0 aromatic rings. The lowest BCUT2D eigenvalue weighted by Crippen LogP contribution is -2.38. The summed E-state index contributed by atoms with van der Waals surface area (Å²) in [5, 5.41) is 0. The first-order chi connectivity index (χ1) is 14.5. The summed E-state index contributed by atoms with van der Waals surface area (Å²) in [5.41, 5.74) is -0.122. The Morgan fingerprint density at radius 3 is 1.52 bits per heavy atom. The van der Waals surface area contributed by atoms with Crippen LogP contribution in [0.15, 0.2) is 20.0 Å². The zero-order valence-electron chi connectivity index (χ0n) is 21.7. The molecule has 0 N–H and O–H groups in total. The summed E-state index contributed by atoms with van der Waals surface area (Å²) in [6, 6.07) is 7.53. The Balaban J connectivity index is 0.000000373. The largest absolute Gasteiger partial charge is 0.301 e. The minimum absolute atomic E-state index is 0.0608. The van der Waals surface area contributed by atoms with Gasteiger partial charge in [-0.25, -0.2) is 20.0 Å². The van der Waals surface area contributed by atoms with Gasteiger partial charge in [-0.1, -0.05) is 33.1 Å². The van der Waals surface area contributed by atoms with Crippen molar-refractivity contribution < 1.29 is 0 Å². The zero-order valence-corrected chi connectivity index (χ0v) is 21.7. The van der Waals surface area contributed by atoms with Crippen molar-refractivity contribution in [2.24, 2.45) is 20.0 Å². The summed E-state index contributed by atoms with van der Waals surface area (Å²) >= 11 is 0. The first kappa shape index (κ1) is 27.8. The summed E-state index contributed by atoms with van der Waals surface area (Å²) in [6.07, 6.45) is 11.6. The molecule has 2 rings (SSSR count). The molecule has 2 aliphatic rings. The number of hydrogen-bond acceptors (Lipinski definition) is 5. The van der Waals surface area contributed by atoms with Crippen LogP contribution in [-0.2, 0) is 0 Å². The van der Waals surface area contributed by atoms with Crippen LogP contribution in [-0.4, -0.2) is 59.2 Å². The molecule has 0 aromatic heterocycles. The number of nitrogens with zero attached hydrogens (tertiary/aromatic N) is 5. The molecule has 0 spiro atoms. The molecule has 31 heavy (non-hydrogen) atoms. The average Bonchev–Trinajstić information content (AvgIpc) is 2.69. The van der Waals surface area contributed by atoms with Gasteiger partial charge < -0.3 is 4.90 Å². The maximum Gasteiger partial charge on any atom is 0.0903 e. The first-order valence-corrected chi connectivity index (χ1v) is 12.6. The molecule has 0 aliphatic heterocycles. The highest BCUT2D eigenvalue weighted by molar-refractivity contribution is 5.43. The third-order valence-electron chi connectivity index (χ3n) is 5.82. The molecule has 2 aliphatic carbocycles. The summed E-state index contributed by atoms with van der Waals surface area (Å²) in [5.74, 6) is 0. The van der Waals surface area contributed by atoms with Crippen molar-refractivity contribution in [1.82, 2.24) is 4.90 Å². The van der Waals surface area contributed by atoms with E-state index >= 15 is 0 Å². The normalized spacial score (nSPS) is 22.5. The van der Waals surface area contributed by atoms with Crippen LogP contribution in [0.5, 0.6) is 0 Å². The highest BCUT2D eigenvalue weighted by Crippen LogP contribution is 2.25. The van der Waals surface area contributed by atoms with Gasteiger partial charge in [-0.15, -0.1) is 0 Å².